The van der Waals surface area contributed by atoms with E-state index in [2.05, 4.69) is 0 Å². The molecule has 1 aromatic carbocycles. The molecule has 1 amide bonds. The van der Waals surface area contributed by atoms with Crippen LogP contribution >= 0.6 is 0 Å². The molecular weight excluding hydrogens is 273 g/mol. The van der Waals surface area contributed by atoms with Crippen LogP contribution in [0.3, 0.4) is 0 Å². The zero-order valence-corrected chi connectivity index (χ0v) is 11.7. The summed E-state index contributed by atoms with van der Waals surface area (Å²) in [6, 6.07) is 6.21. The smallest absolute Gasteiger partial charge is 0.308 e. The van der Waals surface area contributed by atoms with E-state index in [-0.39, 0.29) is 24.8 Å². The number of carboxylic acid groups (broad SMARTS) is 1. The van der Waals surface area contributed by atoms with Crippen molar-refractivity contribution in [2.24, 2.45) is 17.8 Å². The lowest BCUT2D eigenvalue weighted by Crippen LogP contribution is -2.31. The van der Waals surface area contributed by atoms with Gasteiger partial charge in [-0.2, -0.15) is 0 Å². The molecule has 0 bridgehead atoms. The van der Waals surface area contributed by atoms with E-state index in [1.807, 2.05) is 0 Å². The Morgan fingerprint density at radius 3 is 2.57 bits per heavy atom. The van der Waals surface area contributed by atoms with E-state index in [0.717, 1.165) is 12.8 Å². The van der Waals surface area contributed by atoms with Gasteiger partial charge in [0.2, 0.25) is 5.91 Å². The van der Waals surface area contributed by atoms with Crippen molar-refractivity contribution in [1.29, 1.82) is 0 Å². The first-order valence-electron chi connectivity index (χ1n) is 7.30. The number of nitrogens with zero attached hydrogens (tertiary/aromatic N) is 1. The highest BCUT2D eigenvalue weighted by molar-refractivity contribution is 5.81. The lowest BCUT2D eigenvalue weighted by atomic mass is 9.92. The number of hydrogen-bond acceptors (Lipinski definition) is 2. The van der Waals surface area contributed by atoms with Crippen molar-refractivity contribution in [1.82, 2.24) is 4.90 Å². The van der Waals surface area contributed by atoms with E-state index < -0.39 is 17.7 Å². The van der Waals surface area contributed by atoms with Gasteiger partial charge in [0, 0.05) is 13.1 Å². The third-order valence-corrected chi connectivity index (χ3v) is 4.56. The monoisotopic (exact) mass is 291 g/mol. The van der Waals surface area contributed by atoms with Crippen LogP contribution in [0.5, 0.6) is 0 Å². The van der Waals surface area contributed by atoms with Crippen LogP contribution in [0.4, 0.5) is 4.39 Å². The molecule has 1 aliphatic heterocycles. The van der Waals surface area contributed by atoms with Gasteiger partial charge in [-0.05, 0) is 36.3 Å². The first kappa shape index (κ1) is 14.0. The van der Waals surface area contributed by atoms with Gasteiger partial charge in [0.1, 0.15) is 5.82 Å². The first-order chi connectivity index (χ1) is 10.1. The second kappa shape index (κ2) is 5.47. The van der Waals surface area contributed by atoms with Crippen LogP contribution < -0.4 is 0 Å². The minimum absolute atomic E-state index is 0.00357. The summed E-state index contributed by atoms with van der Waals surface area (Å²) in [6.07, 6.45) is 2.12. The summed E-state index contributed by atoms with van der Waals surface area (Å²) in [5.41, 5.74) is 0.365. The maximum atomic E-state index is 13.6. The zero-order valence-electron chi connectivity index (χ0n) is 11.7. The molecule has 1 aromatic rings. The average molecular weight is 291 g/mol. The van der Waals surface area contributed by atoms with Gasteiger partial charge in [0.15, 0.2) is 0 Å². The Hall–Kier alpha value is -1.91. The fraction of sp³-hybridized carbons (Fsp3) is 0.500. The Balaban J connectivity index is 1.68. The molecule has 1 heterocycles. The molecule has 21 heavy (non-hydrogen) atoms. The molecule has 0 radical (unpaired) electrons. The van der Waals surface area contributed by atoms with Crippen LogP contribution in [0.15, 0.2) is 24.3 Å². The molecule has 2 aliphatic rings. The largest absolute Gasteiger partial charge is 0.481 e. The number of carbonyl (C=O) groups is 2. The number of aliphatic carboxylic acids is 1. The minimum atomic E-state index is -0.826. The highest BCUT2D eigenvalue weighted by atomic mass is 19.1. The van der Waals surface area contributed by atoms with Crippen molar-refractivity contribution >= 4 is 11.9 Å². The molecule has 2 atom stereocenters. The molecule has 1 saturated heterocycles. The predicted octanol–water partition coefficient (Wildman–Crippen LogP) is 1.94. The number of likely N-dealkylation sites (tertiary alicyclic amines) is 1. The lowest BCUT2D eigenvalue weighted by Gasteiger charge is -2.16. The van der Waals surface area contributed by atoms with Crippen molar-refractivity contribution in [3.8, 4) is 0 Å². The van der Waals surface area contributed by atoms with Gasteiger partial charge in [-0.1, -0.05) is 18.2 Å². The molecule has 5 heteroatoms. The van der Waals surface area contributed by atoms with Crippen molar-refractivity contribution in [3.05, 3.63) is 35.6 Å². The standard InChI is InChI=1S/C16H18FNO3/c17-14-4-2-1-3-11(14)7-15(19)18-8-12(10-5-6-10)13(9-18)16(20)21/h1-4,10,12-13H,5-9H2,(H,20,21). The number of carboxylic acids is 1. The van der Waals surface area contributed by atoms with Gasteiger partial charge in [-0.3, -0.25) is 9.59 Å². The molecule has 3 rings (SSSR count). The Morgan fingerprint density at radius 2 is 1.95 bits per heavy atom. The van der Waals surface area contributed by atoms with Crippen molar-refractivity contribution in [2.45, 2.75) is 19.3 Å². The summed E-state index contributed by atoms with van der Waals surface area (Å²) >= 11 is 0. The Labute approximate surface area is 122 Å². The van der Waals surface area contributed by atoms with Crippen molar-refractivity contribution in [3.63, 3.8) is 0 Å². The predicted molar refractivity (Wildman–Crippen MR) is 74.0 cm³/mol. The SMILES string of the molecule is O=C(O)C1CN(C(=O)Cc2ccccc2F)CC1C1CC1. The van der Waals surface area contributed by atoms with E-state index in [4.69, 9.17) is 0 Å². The summed E-state index contributed by atoms with van der Waals surface area (Å²) < 4.78 is 13.6. The summed E-state index contributed by atoms with van der Waals surface area (Å²) in [4.78, 5) is 25.2. The molecule has 0 spiro atoms. The van der Waals surface area contributed by atoms with Crippen LogP contribution in [0.2, 0.25) is 0 Å². The summed E-state index contributed by atoms with van der Waals surface area (Å²) in [5, 5.41) is 9.30. The molecule has 2 fully saturated rings. The average Bonchev–Trinajstić information content (AvgIpc) is 3.19. The van der Waals surface area contributed by atoms with E-state index in [9.17, 15) is 19.1 Å². The topological polar surface area (TPSA) is 57.6 Å². The highest BCUT2D eigenvalue weighted by Gasteiger charge is 2.46. The summed E-state index contributed by atoms with van der Waals surface area (Å²) in [5.74, 6) is -1.37. The fourth-order valence-electron chi connectivity index (χ4n) is 3.21. The number of carbonyl (C=O) groups excluding carboxylic acids is 1. The number of rotatable bonds is 4. The van der Waals surface area contributed by atoms with E-state index in [1.165, 1.54) is 6.07 Å². The summed E-state index contributed by atoms with van der Waals surface area (Å²) in [6.45, 7) is 0.749. The molecule has 1 aliphatic carbocycles. The van der Waals surface area contributed by atoms with Crippen LogP contribution in [-0.4, -0.2) is 35.0 Å². The van der Waals surface area contributed by atoms with Crippen LogP contribution in [0.25, 0.3) is 0 Å². The van der Waals surface area contributed by atoms with Crippen LogP contribution in [0, 0.1) is 23.6 Å². The molecule has 1 saturated carbocycles. The molecule has 0 aromatic heterocycles. The van der Waals surface area contributed by atoms with Crippen LogP contribution in [-0.2, 0) is 16.0 Å². The second-order valence-electron chi connectivity index (χ2n) is 6.01. The number of benzene rings is 1. The van der Waals surface area contributed by atoms with Gasteiger partial charge in [0.05, 0.1) is 12.3 Å². The molecular formula is C16H18FNO3. The molecule has 2 unspecified atom stereocenters. The Kier molecular flexibility index (Phi) is 3.66. The Bertz CT molecular complexity index is 570. The van der Waals surface area contributed by atoms with Gasteiger partial charge < -0.3 is 10.0 Å². The van der Waals surface area contributed by atoms with Gasteiger partial charge in [-0.15, -0.1) is 0 Å². The second-order valence-corrected chi connectivity index (χ2v) is 6.01. The van der Waals surface area contributed by atoms with Crippen molar-refractivity contribution < 1.29 is 19.1 Å². The third-order valence-electron chi connectivity index (χ3n) is 4.56. The normalized spacial score (nSPS) is 25.1. The third kappa shape index (κ3) is 2.91. The highest BCUT2D eigenvalue weighted by Crippen LogP contribution is 2.44. The van der Waals surface area contributed by atoms with Crippen molar-refractivity contribution in [2.75, 3.05) is 13.1 Å². The van der Waals surface area contributed by atoms with E-state index in [1.54, 1.807) is 23.1 Å². The Morgan fingerprint density at radius 1 is 1.24 bits per heavy atom. The maximum Gasteiger partial charge on any atom is 0.308 e. The minimum Gasteiger partial charge on any atom is -0.481 e. The number of hydrogen-bond donors (Lipinski definition) is 1. The molecule has 1 N–H and O–H groups in total. The number of halogens is 1. The number of amides is 1. The first-order valence-corrected chi connectivity index (χ1v) is 7.30. The quantitative estimate of drug-likeness (QED) is 0.922. The van der Waals surface area contributed by atoms with Crippen LogP contribution in [0.1, 0.15) is 18.4 Å². The van der Waals surface area contributed by atoms with Gasteiger partial charge >= 0.3 is 5.97 Å². The summed E-state index contributed by atoms with van der Waals surface area (Å²) in [7, 11) is 0. The lowest BCUT2D eigenvalue weighted by molar-refractivity contribution is -0.142. The van der Waals surface area contributed by atoms with Gasteiger partial charge in [0.25, 0.3) is 0 Å². The van der Waals surface area contributed by atoms with Gasteiger partial charge in [-0.25, -0.2) is 4.39 Å². The van der Waals surface area contributed by atoms with E-state index >= 15 is 0 Å². The van der Waals surface area contributed by atoms with E-state index in [0.29, 0.717) is 18.0 Å². The fourth-order valence-corrected chi connectivity index (χ4v) is 3.21. The maximum absolute atomic E-state index is 13.6. The zero-order chi connectivity index (χ0) is 15.0. The molecule has 112 valence electrons. The molecule has 4 nitrogen and oxygen atoms in total.